The molecule has 7 heteroatoms. The van der Waals surface area contributed by atoms with Crippen molar-refractivity contribution in [2.24, 2.45) is 4.99 Å². The molecule has 2 aromatic rings. The molecule has 1 aliphatic rings. The molecule has 1 heterocycles. The third-order valence-electron chi connectivity index (χ3n) is 5.62. The number of nitrogens with one attached hydrogen (secondary N) is 2. The van der Waals surface area contributed by atoms with Crippen molar-refractivity contribution in [3.8, 4) is 0 Å². The summed E-state index contributed by atoms with van der Waals surface area (Å²) in [6, 6.07) is 10.7. The summed E-state index contributed by atoms with van der Waals surface area (Å²) in [6.45, 7) is 5.48. The number of pyridine rings is 1. The van der Waals surface area contributed by atoms with Crippen LogP contribution >= 0.6 is 0 Å². The van der Waals surface area contributed by atoms with Crippen LogP contribution in [-0.2, 0) is 17.3 Å². The Morgan fingerprint density at radius 3 is 2.80 bits per heavy atom. The highest BCUT2D eigenvalue weighted by Crippen LogP contribution is 2.24. The lowest BCUT2D eigenvalue weighted by atomic mass is 9.95. The van der Waals surface area contributed by atoms with E-state index in [2.05, 4.69) is 35.8 Å². The number of aliphatic imine (C=N–C) groups is 1. The number of hydrogen-bond acceptors (Lipinski definition) is 4. The Hall–Kier alpha value is -2.15. The first-order chi connectivity index (χ1) is 14.5. The number of rotatable bonds is 7. The molecule has 0 spiro atoms. The van der Waals surface area contributed by atoms with E-state index >= 15 is 0 Å². The summed E-state index contributed by atoms with van der Waals surface area (Å²) in [5, 5.41) is 8.42. The normalized spacial score (nSPS) is 20.7. The van der Waals surface area contributed by atoms with Crippen LogP contribution in [0.1, 0.15) is 45.1 Å². The number of aromatic nitrogens is 1. The first-order valence-electron chi connectivity index (χ1n) is 11.0. The Labute approximate surface area is 183 Å². The van der Waals surface area contributed by atoms with Crippen LogP contribution in [0, 0.1) is 0 Å². The van der Waals surface area contributed by atoms with Gasteiger partial charge in [-0.05, 0) is 43.9 Å². The van der Waals surface area contributed by atoms with Gasteiger partial charge in [-0.1, -0.05) is 31.5 Å². The second-order valence-corrected chi connectivity index (χ2v) is 10.1. The van der Waals surface area contributed by atoms with Gasteiger partial charge in [0.25, 0.3) is 0 Å². The average Bonchev–Trinajstić information content (AvgIpc) is 2.76. The van der Waals surface area contributed by atoms with Gasteiger partial charge in [-0.2, -0.15) is 0 Å². The summed E-state index contributed by atoms with van der Waals surface area (Å²) < 4.78 is 12.3. The molecule has 1 aromatic heterocycles. The van der Waals surface area contributed by atoms with Gasteiger partial charge in [-0.3, -0.25) is 4.21 Å². The molecule has 2 N–H and O–H groups in total. The fraction of sp³-hybridized carbons (Fsp3) is 0.565. The van der Waals surface area contributed by atoms with E-state index in [-0.39, 0.29) is 0 Å². The molecule has 3 rings (SSSR count). The summed E-state index contributed by atoms with van der Waals surface area (Å²) in [5.41, 5.74) is 2.15. The third kappa shape index (κ3) is 5.72. The van der Waals surface area contributed by atoms with Crippen LogP contribution in [-0.4, -0.2) is 52.8 Å². The van der Waals surface area contributed by atoms with Gasteiger partial charge < -0.3 is 15.5 Å². The number of benzene rings is 1. The fourth-order valence-electron chi connectivity index (χ4n) is 4.02. The monoisotopic (exact) mass is 429 g/mol. The molecule has 1 saturated carbocycles. The van der Waals surface area contributed by atoms with E-state index in [0.717, 1.165) is 66.2 Å². The summed E-state index contributed by atoms with van der Waals surface area (Å²) in [6.07, 6.45) is 4.25. The van der Waals surface area contributed by atoms with Crippen LogP contribution in [0.3, 0.4) is 0 Å². The SMILES string of the molecule is CCNC(=NCc1cc(N(C)C)nc2ccccc12)NC1CCCC(S(=O)CC)C1. The number of hydrogen-bond donors (Lipinski definition) is 2. The molecule has 164 valence electrons. The Bertz CT molecular complexity index is 898. The molecule has 0 radical (unpaired) electrons. The van der Waals surface area contributed by atoms with Crippen molar-refractivity contribution in [3.05, 3.63) is 35.9 Å². The maximum Gasteiger partial charge on any atom is 0.191 e. The van der Waals surface area contributed by atoms with Gasteiger partial charge in [-0.15, -0.1) is 0 Å². The molecule has 6 nitrogen and oxygen atoms in total. The van der Waals surface area contributed by atoms with Crippen molar-refractivity contribution in [1.29, 1.82) is 0 Å². The molecule has 0 saturated heterocycles. The predicted molar refractivity (Wildman–Crippen MR) is 129 cm³/mol. The van der Waals surface area contributed by atoms with E-state index < -0.39 is 10.8 Å². The molecule has 30 heavy (non-hydrogen) atoms. The van der Waals surface area contributed by atoms with E-state index in [1.165, 1.54) is 0 Å². The van der Waals surface area contributed by atoms with Crippen LogP contribution in [0.15, 0.2) is 35.3 Å². The highest BCUT2D eigenvalue weighted by atomic mass is 32.2. The lowest BCUT2D eigenvalue weighted by molar-refractivity contribution is 0.413. The highest BCUT2D eigenvalue weighted by molar-refractivity contribution is 7.85. The highest BCUT2D eigenvalue weighted by Gasteiger charge is 2.26. The molecular formula is C23H35N5OS. The zero-order chi connectivity index (χ0) is 21.5. The molecule has 3 atom stereocenters. The lowest BCUT2D eigenvalue weighted by Gasteiger charge is -2.30. The average molecular weight is 430 g/mol. The van der Waals surface area contributed by atoms with Gasteiger partial charge >= 0.3 is 0 Å². The summed E-state index contributed by atoms with van der Waals surface area (Å²) in [5.74, 6) is 2.52. The van der Waals surface area contributed by atoms with E-state index in [4.69, 9.17) is 9.98 Å². The Balaban J connectivity index is 1.79. The van der Waals surface area contributed by atoms with Crippen molar-refractivity contribution in [3.63, 3.8) is 0 Å². The van der Waals surface area contributed by atoms with Crippen molar-refractivity contribution in [2.45, 2.75) is 57.4 Å². The standard InChI is InChI=1S/C23H35N5OS/c1-5-24-23(26-18-10-9-11-19(15-18)30(29)6-2)25-16-17-14-22(28(3)4)27-21-13-8-7-12-20(17)21/h7-8,12-14,18-19H,5-6,9-11,15-16H2,1-4H3,(H2,24,25,26). The van der Waals surface area contributed by atoms with Crippen molar-refractivity contribution in [2.75, 3.05) is 31.3 Å². The van der Waals surface area contributed by atoms with Gasteiger partial charge in [-0.25, -0.2) is 9.98 Å². The van der Waals surface area contributed by atoms with Gasteiger partial charge in [0.15, 0.2) is 5.96 Å². The summed E-state index contributed by atoms with van der Waals surface area (Å²) in [7, 11) is 3.30. The Morgan fingerprint density at radius 1 is 1.27 bits per heavy atom. The molecule has 0 aliphatic heterocycles. The smallest absolute Gasteiger partial charge is 0.191 e. The van der Waals surface area contributed by atoms with E-state index in [9.17, 15) is 4.21 Å². The number of para-hydroxylation sites is 1. The molecule has 0 bridgehead atoms. The van der Waals surface area contributed by atoms with Crippen molar-refractivity contribution >= 4 is 33.5 Å². The van der Waals surface area contributed by atoms with E-state index in [1.54, 1.807) is 0 Å². The Kier molecular flexibility index (Phi) is 8.08. The van der Waals surface area contributed by atoms with Crippen LogP contribution in [0.25, 0.3) is 10.9 Å². The molecule has 0 amide bonds. The Morgan fingerprint density at radius 2 is 2.07 bits per heavy atom. The zero-order valence-corrected chi connectivity index (χ0v) is 19.5. The molecule has 1 aliphatic carbocycles. The van der Waals surface area contributed by atoms with Crippen LogP contribution < -0.4 is 15.5 Å². The first-order valence-corrected chi connectivity index (χ1v) is 12.4. The van der Waals surface area contributed by atoms with Crippen LogP contribution in [0.2, 0.25) is 0 Å². The van der Waals surface area contributed by atoms with Crippen molar-refractivity contribution < 1.29 is 4.21 Å². The largest absolute Gasteiger partial charge is 0.363 e. The van der Waals surface area contributed by atoms with Gasteiger partial charge in [0.2, 0.25) is 0 Å². The van der Waals surface area contributed by atoms with Gasteiger partial charge in [0.05, 0.1) is 12.1 Å². The number of nitrogens with zero attached hydrogens (tertiary/aromatic N) is 3. The molecule has 1 aromatic carbocycles. The number of fused-ring (bicyclic) bond motifs is 1. The maximum absolute atomic E-state index is 12.3. The van der Waals surface area contributed by atoms with E-state index in [1.807, 2.05) is 38.1 Å². The first kappa shape index (κ1) is 22.5. The topological polar surface area (TPSA) is 69.6 Å². The predicted octanol–water partition coefficient (Wildman–Crippen LogP) is 3.44. The van der Waals surface area contributed by atoms with E-state index in [0.29, 0.717) is 17.8 Å². The summed E-state index contributed by atoms with van der Waals surface area (Å²) >= 11 is 0. The van der Waals surface area contributed by atoms with Gasteiger partial charge in [0, 0.05) is 53.9 Å². The third-order valence-corrected chi connectivity index (χ3v) is 7.36. The number of anilines is 1. The van der Waals surface area contributed by atoms with Crippen LogP contribution in [0.5, 0.6) is 0 Å². The molecule has 1 fully saturated rings. The fourth-order valence-corrected chi connectivity index (χ4v) is 5.37. The second-order valence-electron chi connectivity index (χ2n) is 8.05. The molecule has 3 unspecified atom stereocenters. The minimum absolute atomic E-state index is 0.302. The van der Waals surface area contributed by atoms with Gasteiger partial charge in [0.1, 0.15) is 5.82 Å². The van der Waals surface area contributed by atoms with Crippen molar-refractivity contribution in [1.82, 2.24) is 15.6 Å². The molecular weight excluding hydrogens is 394 g/mol. The summed E-state index contributed by atoms with van der Waals surface area (Å²) in [4.78, 5) is 11.7. The minimum Gasteiger partial charge on any atom is -0.363 e. The lowest BCUT2D eigenvalue weighted by Crippen LogP contribution is -2.46. The maximum atomic E-state index is 12.3. The quantitative estimate of drug-likeness (QED) is 0.521. The number of guanidine groups is 1. The second kappa shape index (κ2) is 10.8. The minimum atomic E-state index is -0.721. The van der Waals surface area contributed by atoms with Crippen LogP contribution in [0.4, 0.5) is 5.82 Å². The zero-order valence-electron chi connectivity index (χ0n) is 18.6.